The predicted molar refractivity (Wildman–Crippen MR) is 69.9 cm³/mol. The molecule has 2 rings (SSSR count). The molecule has 0 saturated carbocycles. The van der Waals surface area contributed by atoms with E-state index in [1.807, 2.05) is 0 Å². The lowest BCUT2D eigenvalue weighted by Crippen LogP contribution is -2.15. The average Bonchev–Trinajstić information content (AvgIpc) is 2.96. The van der Waals surface area contributed by atoms with E-state index in [9.17, 15) is 4.79 Å². The van der Waals surface area contributed by atoms with Crippen LogP contribution in [0.1, 0.15) is 46.5 Å². The summed E-state index contributed by atoms with van der Waals surface area (Å²) in [5, 5.41) is 0. The summed E-state index contributed by atoms with van der Waals surface area (Å²) in [6.07, 6.45) is 8.32. The smallest absolute Gasteiger partial charge is 0.314 e. The summed E-state index contributed by atoms with van der Waals surface area (Å²) < 4.78 is 10.2. The second-order valence-corrected chi connectivity index (χ2v) is 5.46. The van der Waals surface area contributed by atoms with Gasteiger partial charge in [0.25, 0.3) is 0 Å². The Morgan fingerprint density at radius 3 is 2.61 bits per heavy atom. The fraction of sp³-hybridized carbons (Fsp3) is 0.667. The van der Waals surface area contributed by atoms with Gasteiger partial charge in [0.2, 0.25) is 6.29 Å². The highest BCUT2D eigenvalue weighted by Gasteiger charge is 2.57. The molecule has 0 amide bonds. The molecule has 0 bridgehead atoms. The number of epoxide rings is 1. The van der Waals surface area contributed by atoms with Crippen LogP contribution in [-0.2, 0) is 14.3 Å². The molecule has 3 unspecified atom stereocenters. The van der Waals surface area contributed by atoms with Crippen LogP contribution in [0.4, 0.5) is 0 Å². The van der Waals surface area contributed by atoms with Crippen molar-refractivity contribution in [2.45, 2.75) is 58.8 Å². The summed E-state index contributed by atoms with van der Waals surface area (Å²) in [4.78, 5) is 11.4. The lowest BCUT2D eigenvalue weighted by molar-refractivity contribution is -0.151. The summed E-state index contributed by atoms with van der Waals surface area (Å²) in [7, 11) is 0. The molecule has 2 heterocycles. The normalized spacial score (nSPS) is 29.8. The maximum atomic E-state index is 11.4. The zero-order valence-corrected chi connectivity index (χ0v) is 11.4. The predicted octanol–water partition coefficient (Wildman–Crippen LogP) is 3.36. The van der Waals surface area contributed by atoms with Crippen molar-refractivity contribution in [2.24, 2.45) is 5.92 Å². The van der Waals surface area contributed by atoms with Gasteiger partial charge in [0, 0.05) is 0 Å². The number of esters is 1. The van der Waals surface area contributed by atoms with Gasteiger partial charge in [0.05, 0.1) is 5.92 Å². The number of hydrogen-bond donors (Lipinski definition) is 0. The van der Waals surface area contributed by atoms with Crippen molar-refractivity contribution in [3.05, 3.63) is 23.3 Å². The molecule has 0 radical (unpaired) electrons. The van der Waals surface area contributed by atoms with Crippen LogP contribution in [0, 0.1) is 5.92 Å². The summed E-state index contributed by atoms with van der Waals surface area (Å²) in [6, 6.07) is 0. The van der Waals surface area contributed by atoms with Crippen molar-refractivity contribution >= 4 is 5.97 Å². The first-order valence-corrected chi connectivity index (χ1v) is 6.73. The minimum absolute atomic E-state index is 0.0307. The highest BCUT2D eigenvalue weighted by Crippen LogP contribution is 2.40. The van der Waals surface area contributed by atoms with Gasteiger partial charge in [-0.3, -0.25) is 4.79 Å². The minimum Gasteiger partial charge on any atom is -0.433 e. The van der Waals surface area contributed by atoms with E-state index in [0.29, 0.717) is 0 Å². The van der Waals surface area contributed by atoms with Crippen molar-refractivity contribution in [1.29, 1.82) is 0 Å². The third-order valence-electron chi connectivity index (χ3n) is 3.48. The molecule has 0 spiro atoms. The van der Waals surface area contributed by atoms with Crippen LogP contribution in [0.3, 0.4) is 0 Å². The van der Waals surface area contributed by atoms with E-state index in [1.54, 1.807) is 0 Å². The first kappa shape index (κ1) is 13.3. The van der Waals surface area contributed by atoms with Crippen molar-refractivity contribution in [2.75, 3.05) is 0 Å². The molecule has 2 aliphatic heterocycles. The van der Waals surface area contributed by atoms with Gasteiger partial charge in [-0.05, 0) is 46.5 Å². The van der Waals surface area contributed by atoms with Crippen LogP contribution in [0.5, 0.6) is 0 Å². The molecule has 0 aromatic heterocycles. The van der Waals surface area contributed by atoms with Gasteiger partial charge in [-0.15, -0.1) is 0 Å². The molecule has 2 aliphatic rings. The Labute approximate surface area is 109 Å². The molecular weight excluding hydrogens is 228 g/mol. The van der Waals surface area contributed by atoms with Crippen LogP contribution in [0.25, 0.3) is 0 Å². The van der Waals surface area contributed by atoms with Gasteiger partial charge in [-0.2, -0.15) is 0 Å². The lowest BCUT2D eigenvalue weighted by atomic mass is 10.00. The second-order valence-electron chi connectivity index (χ2n) is 5.46. The molecule has 0 aromatic rings. The van der Waals surface area contributed by atoms with Crippen molar-refractivity contribution in [3.8, 4) is 0 Å². The van der Waals surface area contributed by atoms with Crippen LogP contribution in [0.2, 0.25) is 0 Å². The summed E-state index contributed by atoms with van der Waals surface area (Å²) in [6.45, 7) is 6.40. The standard InChI is InChI=1S/C15H22O3/c1-10(2)6-4-7-11(3)8-5-9-12-13-15(17-13)18-14(12)16/h6,8,12-13,15H,4-5,7,9H2,1-3H3/b11-8+. The molecule has 3 heteroatoms. The molecule has 100 valence electrons. The average molecular weight is 250 g/mol. The quantitative estimate of drug-likeness (QED) is 0.412. The summed E-state index contributed by atoms with van der Waals surface area (Å²) >= 11 is 0. The maximum Gasteiger partial charge on any atom is 0.314 e. The van der Waals surface area contributed by atoms with Gasteiger partial charge in [0.1, 0.15) is 6.10 Å². The number of carbonyl (C=O) groups excluding carboxylic acids is 1. The monoisotopic (exact) mass is 250 g/mol. The lowest BCUT2D eigenvalue weighted by Gasteiger charge is -2.06. The fourth-order valence-corrected chi connectivity index (χ4v) is 2.31. The topological polar surface area (TPSA) is 38.8 Å². The van der Waals surface area contributed by atoms with Crippen LogP contribution < -0.4 is 0 Å². The van der Waals surface area contributed by atoms with E-state index in [1.165, 1.54) is 11.1 Å². The number of ether oxygens (including phenoxy) is 2. The van der Waals surface area contributed by atoms with E-state index in [0.717, 1.165) is 25.7 Å². The van der Waals surface area contributed by atoms with Crippen LogP contribution >= 0.6 is 0 Å². The first-order valence-electron chi connectivity index (χ1n) is 6.73. The van der Waals surface area contributed by atoms with Crippen LogP contribution in [-0.4, -0.2) is 18.4 Å². The molecule has 2 saturated heterocycles. The summed E-state index contributed by atoms with van der Waals surface area (Å²) in [5.41, 5.74) is 2.76. The second kappa shape index (κ2) is 5.70. The third kappa shape index (κ3) is 3.45. The minimum atomic E-state index is -0.217. The van der Waals surface area contributed by atoms with Crippen molar-refractivity contribution in [1.82, 2.24) is 0 Å². The van der Waals surface area contributed by atoms with Gasteiger partial charge in [-0.25, -0.2) is 0 Å². The molecule has 0 aliphatic carbocycles. The Kier molecular flexibility index (Phi) is 4.23. The Morgan fingerprint density at radius 2 is 2.00 bits per heavy atom. The van der Waals surface area contributed by atoms with Crippen molar-refractivity contribution < 1.29 is 14.3 Å². The highest BCUT2D eigenvalue weighted by atomic mass is 16.8. The van der Waals surface area contributed by atoms with E-state index >= 15 is 0 Å². The van der Waals surface area contributed by atoms with E-state index < -0.39 is 0 Å². The first-order chi connectivity index (χ1) is 8.58. The maximum absolute atomic E-state index is 11.4. The van der Waals surface area contributed by atoms with Crippen molar-refractivity contribution in [3.63, 3.8) is 0 Å². The Hall–Kier alpha value is -1.09. The Bertz CT molecular complexity index is 377. The number of fused-ring (bicyclic) bond motifs is 1. The zero-order valence-electron chi connectivity index (χ0n) is 11.4. The number of rotatable bonds is 6. The van der Waals surface area contributed by atoms with E-state index in [-0.39, 0.29) is 24.3 Å². The van der Waals surface area contributed by atoms with Gasteiger partial charge < -0.3 is 9.47 Å². The Balaban J connectivity index is 1.67. The van der Waals surface area contributed by atoms with Gasteiger partial charge in [-0.1, -0.05) is 23.3 Å². The van der Waals surface area contributed by atoms with E-state index in [2.05, 4.69) is 32.9 Å². The largest absolute Gasteiger partial charge is 0.433 e. The summed E-state index contributed by atoms with van der Waals surface area (Å²) in [5.74, 6) is -0.108. The van der Waals surface area contributed by atoms with Gasteiger partial charge >= 0.3 is 5.97 Å². The van der Waals surface area contributed by atoms with Crippen LogP contribution in [0.15, 0.2) is 23.3 Å². The fourth-order valence-electron chi connectivity index (χ4n) is 2.31. The number of carbonyl (C=O) groups is 1. The number of hydrogen-bond acceptors (Lipinski definition) is 3. The molecule has 18 heavy (non-hydrogen) atoms. The SMILES string of the molecule is CC(C)=CCC/C(C)=C/CCC1C(=O)OC2OC21. The van der Waals surface area contributed by atoms with E-state index in [4.69, 9.17) is 9.47 Å². The molecular formula is C15H22O3. The molecule has 0 aromatic carbocycles. The molecule has 3 nitrogen and oxygen atoms in total. The molecule has 3 atom stereocenters. The highest BCUT2D eigenvalue weighted by molar-refractivity contribution is 5.76. The number of allylic oxidation sites excluding steroid dienone is 4. The third-order valence-corrected chi connectivity index (χ3v) is 3.48. The zero-order chi connectivity index (χ0) is 13.1. The van der Waals surface area contributed by atoms with Gasteiger partial charge in [0.15, 0.2) is 0 Å². The molecule has 2 fully saturated rings. The Morgan fingerprint density at radius 1 is 1.22 bits per heavy atom. The molecule has 0 N–H and O–H groups in total.